The largest absolute Gasteiger partial charge is 0.478 e. The number of benzene rings is 2. The molecule has 2 fully saturated rings. The predicted molar refractivity (Wildman–Crippen MR) is 211 cm³/mol. The van der Waals surface area contributed by atoms with Crippen molar-refractivity contribution in [2.24, 2.45) is 0 Å². The van der Waals surface area contributed by atoms with Crippen molar-refractivity contribution in [2.45, 2.75) is 96.4 Å². The van der Waals surface area contributed by atoms with Gasteiger partial charge in [0.15, 0.2) is 0 Å². The first kappa shape index (κ1) is 39.0. The number of hydrogen-bond donors (Lipinski definition) is 1. The highest BCUT2D eigenvalue weighted by Crippen LogP contribution is 2.42. The topological polar surface area (TPSA) is 175 Å². The van der Waals surface area contributed by atoms with Crippen molar-refractivity contribution < 1.29 is 43.3 Å². The number of rotatable bonds is 10. The van der Waals surface area contributed by atoms with Crippen LogP contribution in [0.3, 0.4) is 0 Å². The highest BCUT2D eigenvalue weighted by molar-refractivity contribution is 5.98. The van der Waals surface area contributed by atoms with Crippen LogP contribution in [-0.2, 0) is 55.5 Å². The summed E-state index contributed by atoms with van der Waals surface area (Å²) in [6.07, 6.45) is 4.99. The molecule has 0 bridgehead atoms. The number of ether oxygens (including phenoxy) is 3. The van der Waals surface area contributed by atoms with E-state index in [1.54, 1.807) is 34.6 Å². The van der Waals surface area contributed by atoms with Crippen molar-refractivity contribution >= 4 is 40.7 Å². The highest BCUT2D eigenvalue weighted by atomic mass is 16.6. The van der Waals surface area contributed by atoms with Crippen LogP contribution in [0.4, 0.5) is 4.79 Å². The zero-order chi connectivity index (χ0) is 40.7. The summed E-state index contributed by atoms with van der Waals surface area (Å²) < 4.78 is 18.8. The summed E-state index contributed by atoms with van der Waals surface area (Å²) in [5, 5.41) is 9.95. The maximum Gasteiger partial charge on any atom is 0.415 e. The number of nitrogens with zero attached hydrogens (tertiary/aromatic N) is 4. The molecule has 0 aliphatic carbocycles. The molecule has 4 aliphatic heterocycles. The third-order valence-corrected chi connectivity index (χ3v) is 12.2. The van der Waals surface area contributed by atoms with Crippen LogP contribution < -0.4 is 10.3 Å². The van der Waals surface area contributed by atoms with Gasteiger partial charge in [-0.25, -0.2) is 19.4 Å². The van der Waals surface area contributed by atoms with Gasteiger partial charge in [0.05, 0.1) is 34.6 Å². The van der Waals surface area contributed by atoms with E-state index in [1.807, 2.05) is 13.0 Å². The summed E-state index contributed by atoms with van der Waals surface area (Å²) in [7, 11) is 0. The average Bonchev–Trinajstić information content (AvgIpc) is 3.60. The van der Waals surface area contributed by atoms with Gasteiger partial charge in [-0.15, -0.1) is 0 Å². The van der Waals surface area contributed by atoms with Crippen LogP contribution in [0.15, 0.2) is 53.3 Å². The maximum absolute atomic E-state index is 14.2. The molecule has 2 aromatic heterocycles. The number of ketones is 1. The summed E-state index contributed by atoms with van der Waals surface area (Å²) >= 11 is 0. The van der Waals surface area contributed by atoms with Gasteiger partial charge in [-0.2, -0.15) is 0 Å². The van der Waals surface area contributed by atoms with E-state index in [1.165, 1.54) is 43.5 Å². The fraction of sp³-hybridized carbons (Fsp3) is 0.432. The van der Waals surface area contributed by atoms with E-state index in [9.17, 15) is 28.8 Å². The number of esters is 2. The van der Waals surface area contributed by atoms with Crippen LogP contribution in [0.1, 0.15) is 97.0 Å². The van der Waals surface area contributed by atoms with Crippen molar-refractivity contribution in [3.63, 3.8) is 0 Å². The number of hydrogen-bond acceptors (Lipinski definition) is 11. The molecule has 6 heterocycles. The van der Waals surface area contributed by atoms with Gasteiger partial charge < -0.3 is 33.7 Å². The lowest BCUT2D eigenvalue weighted by atomic mass is 9.85. The summed E-state index contributed by atoms with van der Waals surface area (Å²) in [6, 6.07) is 13.3. The normalized spacial score (nSPS) is 19.2. The summed E-state index contributed by atoms with van der Waals surface area (Å²) in [5.41, 5.74) is 2.00. The van der Waals surface area contributed by atoms with Crippen molar-refractivity contribution in [1.82, 2.24) is 19.4 Å². The van der Waals surface area contributed by atoms with Crippen molar-refractivity contribution in [2.75, 3.05) is 26.2 Å². The lowest BCUT2D eigenvalue weighted by Gasteiger charge is -2.39. The molecular formula is C44H46N4O10. The number of cyclic esters (lactones) is 1. The first-order chi connectivity index (χ1) is 28.0. The second-order valence-corrected chi connectivity index (χ2v) is 15.6. The molecule has 8 rings (SSSR count). The van der Waals surface area contributed by atoms with Gasteiger partial charge in [-0.05, 0) is 99.1 Å². The zero-order valence-electron chi connectivity index (χ0n) is 32.7. The Labute approximate surface area is 334 Å². The number of aromatic nitrogens is 2. The number of aromatic carboxylic acids is 1. The molecular weight excluding hydrogens is 745 g/mol. The third-order valence-electron chi connectivity index (χ3n) is 12.2. The average molecular weight is 791 g/mol. The van der Waals surface area contributed by atoms with Crippen LogP contribution >= 0.6 is 0 Å². The first-order valence-electron chi connectivity index (χ1n) is 20.2. The SMILES string of the molecule is CCc1c2c(nc3ccc(OC(=O)N4CCC(N5CCCCC5)CC4)cc13)-c1cc3c(c(=O)n1C2)COC(=O)[C@@]3(CC)OC(=O)CC(=O)Cc1ccc(C(=O)O)cc1. The molecule has 14 heteroatoms. The minimum atomic E-state index is -1.97. The van der Waals surface area contributed by atoms with E-state index in [0.29, 0.717) is 53.8 Å². The fourth-order valence-electron chi connectivity index (χ4n) is 9.07. The fourth-order valence-corrected chi connectivity index (χ4v) is 9.07. The molecule has 0 radical (unpaired) electrons. The van der Waals surface area contributed by atoms with E-state index >= 15 is 0 Å². The monoisotopic (exact) mass is 790 g/mol. The van der Waals surface area contributed by atoms with E-state index in [2.05, 4.69) is 4.90 Å². The maximum atomic E-state index is 14.2. The minimum Gasteiger partial charge on any atom is -0.478 e. The second kappa shape index (κ2) is 15.8. The molecule has 58 heavy (non-hydrogen) atoms. The molecule has 1 atom stereocenters. The Hall–Kier alpha value is -5.89. The molecule has 302 valence electrons. The number of pyridine rings is 2. The van der Waals surface area contributed by atoms with Gasteiger partial charge in [-0.1, -0.05) is 32.4 Å². The van der Waals surface area contributed by atoms with Crippen molar-refractivity contribution in [3.05, 3.63) is 92.3 Å². The molecule has 1 amide bonds. The predicted octanol–water partition coefficient (Wildman–Crippen LogP) is 5.54. The minimum absolute atomic E-state index is 0.0610. The first-order valence-corrected chi connectivity index (χ1v) is 20.2. The Balaban J connectivity index is 1.03. The van der Waals surface area contributed by atoms with E-state index < -0.39 is 41.3 Å². The van der Waals surface area contributed by atoms with Crippen molar-refractivity contribution in [1.29, 1.82) is 0 Å². The number of carbonyl (C=O) groups excluding carboxylic acids is 4. The van der Waals surface area contributed by atoms with Gasteiger partial charge in [0.25, 0.3) is 5.56 Å². The van der Waals surface area contributed by atoms with Crippen LogP contribution in [0.2, 0.25) is 0 Å². The summed E-state index contributed by atoms with van der Waals surface area (Å²) in [6.45, 7) is 7.13. The Morgan fingerprint density at radius 1 is 0.931 bits per heavy atom. The van der Waals surface area contributed by atoms with Crippen LogP contribution in [-0.4, -0.2) is 86.5 Å². The summed E-state index contributed by atoms with van der Waals surface area (Å²) in [4.78, 5) is 87.8. The standard InChI is InChI=1S/C44H46N4O10/c1-3-31-32-22-30(57-43(55)47-18-14-28(15-19-47)46-16-6-5-7-17-46)12-13-36(32)45-39-33(31)24-48-37(39)23-35-34(40(48)51)25-56-42(54)44(35,4-2)58-38(50)21-29(49)20-26-8-10-27(11-9-26)41(52)53/h8-13,22-23,28H,3-7,14-21,24-25H2,1-2H3,(H,52,53)/t44-/m0/s1. The van der Waals surface area contributed by atoms with Gasteiger partial charge in [0.2, 0.25) is 5.60 Å². The Morgan fingerprint density at radius 2 is 1.67 bits per heavy atom. The molecule has 14 nitrogen and oxygen atoms in total. The summed E-state index contributed by atoms with van der Waals surface area (Å²) in [5.74, 6) is -2.99. The molecule has 4 aliphatic rings. The van der Waals surface area contributed by atoms with Crippen molar-refractivity contribution in [3.8, 4) is 17.1 Å². The molecule has 2 saturated heterocycles. The van der Waals surface area contributed by atoms with Crippen LogP contribution in [0, 0.1) is 0 Å². The molecule has 4 aromatic rings. The molecule has 1 N–H and O–H groups in total. The van der Waals surface area contributed by atoms with Gasteiger partial charge >= 0.3 is 24.0 Å². The van der Waals surface area contributed by atoms with Gasteiger partial charge in [-0.3, -0.25) is 14.4 Å². The number of Topliss-reactive ketones (excluding diaryl/α,β-unsaturated/α-hetero) is 1. The Bertz CT molecular complexity index is 2390. The quantitative estimate of drug-likeness (QED) is 0.138. The van der Waals surface area contributed by atoms with Gasteiger partial charge in [0.1, 0.15) is 24.6 Å². The number of carboxylic acid groups (broad SMARTS) is 1. The molecule has 2 aromatic carbocycles. The highest BCUT2D eigenvalue weighted by Gasteiger charge is 2.50. The van der Waals surface area contributed by atoms with E-state index in [-0.39, 0.29) is 48.8 Å². The lowest BCUT2D eigenvalue weighted by molar-refractivity contribution is -0.189. The Kier molecular flexibility index (Phi) is 10.6. The Morgan fingerprint density at radius 3 is 2.36 bits per heavy atom. The van der Waals surface area contributed by atoms with Crippen LogP contribution in [0.25, 0.3) is 22.3 Å². The van der Waals surface area contributed by atoms with E-state index in [0.717, 1.165) is 42.4 Å². The van der Waals surface area contributed by atoms with Gasteiger partial charge in [0, 0.05) is 42.1 Å². The second-order valence-electron chi connectivity index (χ2n) is 15.6. The number of piperidine rings is 2. The number of likely N-dealkylation sites (tertiary alicyclic amines) is 2. The molecule has 0 unspecified atom stereocenters. The zero-order valence-corrected chi connectivity index (χ0v) is 32.7. The lowest BCUT2D eigenvalue weighted by Crippen LogP contribution is -2.48. The third kappa shape index (κ3) is 7.14. The molecule has 0 saturated carbocycles. The number of amides is 1. The van der Waals surface area contributed by atoms with Crippen LogP contribution in [0.5, 0.6) is 5.75 Å². The number of aryl methyl sites for hydroxylation is 1. The number of carboxylic acids is 1. The smallest absolute Gasteiger partial charge is 0.415 e. The number of carbonyl (C=O) groups is 5. The number of fused-ring (bicyclic) bond motifs is 5. The van der Waals surface area contributed by atoms with E-state index in [4.69, 9.17) is 24.3 Å². The molecule has 0 spiro atoms.